The predicted octanol–water partition coefficient (Wildman–Crippen LogP) is 4.44. The minimum Gasteiger partial charge on any atom is -0.496 e. The summed E-state index contributed by atoms with van der Waals surface area (Å²) in [4.78, 5) is 0. The molecule has 0 heterocycles. The second-order valence-corrected chi connectivity index (χ2v) is 4.86. The van der Waals surface area contributed by atoms with Crippen LogP contribution in [0.4, 0.5) is 0 Å². The molecule has 0 atom stereocenters. The summed E-state index contributed by atoms with van der Waals surface area (Å²) in [5.74, 6) is 1.68. The van der Waals surface area contributed by atoms with Gasteiger partial charge >= 0.3 is 0 Å². The van der Waals surface area contributed by atoms with E-state index in [0.717, 1.165) is 32.7 Å². The molecule has 0 aliphatic rings. The number of para-hydroxylation sites is 1. The van der Waals surface area contributed by atoms with E-state index in [4.69, 9.17) is 9.47 Å². The van der Waals surface area contributed by atoms with Crippen LogP contribution in [0.5, 0.6) is 11.5 Å². The zero-order valence-electron chi connectivity index (χ0n) is 10.7. The highest BCUT2D eigenvalue weighted by atomic mass is 79.9. The van der Waals surface area contributed by atoms with Gasteiger partial charge in [-0.25, -0.2) is 0 Å². The lowest BCUT2D eigenvalue weighted by atomic mass is 10.0. The van der Waals surface area contributed by atoms with Gasteiger partial charge < -0.3 is 9.47 Å². The van der Waals surface area contributed by atoms with E-state index in [1.807, 2.05) is 30.3 Å². The van der Waals surface area contributed by atoms with E-state index in [9.17, 15) is 0 Å². The van der Waals surface area contributed by atoms with Crippen LogP contribution in [0.25, 0.3) is 11.1 Å². The molecule has 94 valence electrons. The van der Waals surface area contributed by atoms with Crippen LogP contribution in [0.3, 0.4) is 0 Å². The number of benzene rings is 2. The van der Waals surface area contributed by atoms with Gasteiger partial charge in [-0.1, -0.05) is 34.1 Å². The van der Waals surface area contributed by atoms with E-state index in [1.165, 1.54) is 0 Å². The number of ether oxygens (including phenoxy) is 2. The molecule has 0 aromatic heterocycles. The molecule has 0 amide bonds. The third-order valence-corrected chi connectivity index (χ3v) is 3.73. The summed E-state index contributed by atoms with van der Waals surface area (Å²) >= 11 is 3.52. The Morgan fingerprint density at radius 3 is 2.22 bits per heavy atom. The highest BCUT2D eigenvalue weighted by Gasteiger charge is 2.12. The smallest absolute Gasteiger partial charge is 0.127 e. The van der Waals surface area contributed by atoms with Crippen molar-refractivity contribution < 1.29 is 9.47 Å². The van der Waals surface area contributed by atoms with Crippen molar-refractivity contribution in [1.29, 1.82) is 0 Å². The maximum absolute atomic E-state index is 5.45. The number of hydrogen-bond acceptors (Lipinski definition) is 2. The average Bonchev–Trinajstić information content (AvgIpc) is 2.41. The molecular weight excluding hydrogens is 292 g/mol. The van der Waals surface area contributed by atoms with E-state index >= 15 is 0 Å². The highest BCUT2D eigenvalue weighted by Crippen LogP contribution is 2.38. The summed E-state index contributed by atoms with van der Waals surface area (Å²) in [6.07, 6.45) is 0. The van der Waals surface area contributed by atoms with Crippen LogP contribution in [0, 0.1) is 6.92 Å². The monoisotopic (exact) mass is 306 g/mol. The van der Waals surface area contributed by atoms with Crippen LogP contribution in [0.1, 0.15) is 5.56 Å². The van der Waals surface area contributed by atoms with Crippen molar-refractivity contribution in [2.24, 2.45) is 0 Å². The fraction of sp³-hybridized carbons (Fsp3) is 0.200. The maximum atomic E-state index is 5.45. The van der Waals surface area contributed by atoms with Crippen LogP contribution >= 0.6 is 15.9 Å². The molecule has 0 fully saturated rings. The minimum absolute atomic E-state index is 0.831. The maximum Gasteiger partial charge on any atom is 0.127 e. The number of rotatable bonds is 3. The van der Waals surface area contributed by atoms with Gasteiger partial charge in [0.2, 0.25) is 0 Å². The summed E-state index contributed by atoms with van der Waals surface area (Å²) in [5, 5.41) is 0. The van der Waals surface area contributed by atoms with Crippen LogP contribution in [0.15, 0.2) is 40.9 Å². The first kappa shape index (κ1) is 13.0. The first-order valence-electron chi connectivity index (χ1n) is 5.65. The Labute approximate surface area is 116 Å². The number of aryl methyl sites for hydroxylation is 1. The molecule has 0 aliphatic heterocycles. The molecule has 2 aromatic rings. The Morgan fingerprint density at radius 2 is 1.56 bits per heavy atom. The molecule has 0 radical (unpaired) electrons. The molecule has 2 rings (SSSR count). The number of hydrogen-bond donors (Lipinski definition) is 0. The summed E-state index contributed by atoms with van der Waals surface area (Å²) in [5.41, 5.74) is 3.24. The van der Waals surface area contributed by atoms with E-state index in [-0.39, 0.29) is 0 Å². The molecule has 0 aliphatic carbocycles. The predicted molar refractivity (Wildman–Crippen MR) is 77.4 cm³/mol. The summed E-state index contributed by atoms with van der Waals surface area (Å²) in [7, 11) is 3.35. The van der Waals surface area contributed by atoms with Gasteiger partial charge in [0, 0.05) is 15.6 Å². The summed E-state index contributed by atoms with van der Waals surface area (Å²) in [6.45, 7) is 2.06. The molecule has 0 N–H and O–H groups in total. The van der Waals surface area contributed by atoms with Gasteiger partial charge in [-0.2, -0.15) is 0 Å². The van der Waals surface area contributed by atoms with Gasteiger partial charge in [-0.15, -0.1) is 0 Å². The molecule has 0 bridgehead atoms. The summed E-state index contributed by atoms with van der Waals surface area (Å²) < 4.78 is 11.9. The second-order valence-electron chi connectivity index (χ2n) is 4.00. The van der Waals surface area contributed by atoms with Crippen LogP contribution in [0.2, 0.25) is 0 Å². The van der Waals surface area contributed by atoms with E-state index in [0.29, 0.717) is 0 Å². The minimum atomic E-state index is 0.831. The van der Waals surface area contributed by atoms with Crippen molar-refractivity contribution in [2.75, 3.05) is 14.2 Å². The third kappa shape index (κ3) is 2.36. The van der Waals surface area contributed by atoms with Crippen molar-refractivity contribution in [3.05, 3.63) is 46.4 Å². The Kier molecular flexibility index (Phi) is 3.92. The molecule has 3 heteroatoms. The van der Waals surface area contributed by atoms with E-state index < -0.39 is 0 Å². The Hall–Kier alpha value is -1.48. The van der Waals surface area contributed by atoms with Gasteiger partial charge in [-0.05, 0) is 30.7 Å². The van der Waals surface area contributed by atoms with Crippen molar-refractivity contribution in [3.8, 4) is 22.6 Å². The van der Waals surface area contributed by atoms with Crippen LogP contribution < -0.4 is 9.47 Å². The molecule has 0 saturated heterocycles. The molecule has 2 aromatic carbocycles. The van der Waals surface area contributed by atoms with Crippen molar-refractivity contribution in [3.63, 3.8) is 0 Å². The van der Waals surface area contributed by atoms with Crippen molar-refractivity contribution in [1.82, 2.24) is 0 Å². The van der Waals surface area contributed by atoms with Gasteiger partial charge in [-0.3, -0.25) is 0 Å². The third-order valence-electron chi connectivity index (χ3n) is 2.88. The van der Waals surface area contributed by atoms with Gasteiger partial charge in [0.05, 0.1) is 14.2 Å². The first-order valence-corrected chi connectivity index (χ1v) is 6.44. The second kappa shape index (κ2) is 5.44. The van der Waals surface area contributed by atoms with Crippen molar-refractivity contribution >= 4 is 15.9 Å². The lowest BCUT2D eigenvalue weighted by Gasteiger charge is -2.14. The lowest BCUT2D eigenvalue weighted by molar-refractivity contribution is 0.410. The zero-order valence-corrected chi connectivity index (χ0v) is 12.2. The average molecular weight is 307 g/mol. The van der Waals surface area contributed by atoms with Crippen LogP contribution in [-0.4, -0.2) is 14.2 Å². The van der Waals surface area contributed by atoms with Gasteiger partial charge in [0.15, 0.2) is 0 Å². The fourth-order valence-electron chi connectivity index (χ4n) is 1.91. The molecule has 0 spiro atoms. The fourth-order valence-corrected chi connectivity index (χ4v) is 2.23. The molecule has 0 unspecified atom stereocenters. The normalized spacial score (nSPS) is 10.2. The zero-order chi connectivity index (χ0) is 13.1. The van der Waals surface area contributed by atoms with Crippen molar-refractivity contribution in [2.45, 2.75) is 6.92 Å². The molecule has 18 heavy (non-hydrogen) atoms. The number of halogens is 1. The molecule has 2 nitrogen and oxygen atoms in total. The Morgan fingerprint density at radius 1 is 0.889 bits per heavy atom. The molecule has 0 saturated carbocycles. The number of methoxy groups -OCH3 is 2. The standard InChI is InChI=1S/C15H15BrO2/c1-10-8-12(15(18-3)9-13(10)16)11-6-4-5-7-14(11)17-2/h4-9H,1-3H3. The molecular formula is C15H15BrO2. The first-order chi connectivity index (χ1) is 8.67. The lowest BCUT2D eigenvalue weighted by Crippen LogP contribution is -1.93. The topological polar surface area (TPSA) is 18.5 Å². The Balaban J connectivity index is 2.66. The largest absolute Gasteiger partial charge is 0.496 e. The van der Waals surface area contributed by atoms with Crippen LogP contribution in [-0.2, 0) is 0 Å². The highest BCUT2D eigenvalue weighted by molar-refractivity contribution is 9.10. The van der Waals surface area contributed by atoms with E-state index in [1.54, 1.807) is 14.2 Å². The van der Waals surface area contributed by atoms with Gasteiger partial charge in [0.1, 0.15) is 11.5 Å². The SMILES string of the molecule is COc1ccccc1-c1cc(C)c(Br)cc1OC. The summed E-state index contributed by atoms with van der Waals surface area (Å²) in [6, 6.07) is 12.0. The Bertz CT molecular complexity index is 564. The van der Waals surface area contributed by atoms with Gasteiger partial charge in [0.25, 0.3) is 0 Å². The van der Waals surface area contributed by atoms with E-state index in [2.05, 4.69) is 28.9 Å². The quantitative estimate of drug-likeness (QED) is 0.834.